The van der Waals surface area contributed by atoms with Gasteiger partial charge in [-0.15, -0.1) is 0 Å². The summed E-state index contributed by atoms with van der Waals surface area (Å²) in [7, 11) is 0. The molecule has 1 aromatic carbocycles. The topological polar surface area (TPSA) is 96.2 Å². The lowest BCUT2D eigenvalue weighted by atomic mass is 10.1. The Morgan fingerprint density at radius 1 is 1.12 bits per heavy atom. The molecule has 0 aliphatic carbocycles. The average Bonchev–Trinajstić information content (AvgIpc) is 3.34. The van der Waals surface area contributed by atoms with Crippen LogP contribution >= 0.6 is 0 Å². The van der Waals surface area contributed by atoms with Gasteiger partial charge in [0.15, 0.2) is 0 Å². The second kappa shape index (κ2) is 9.59. The van der Waals surface area contributed by atoms with Crippen LogP contribution in [-0.2, 0) is 16.1 Å². The van der Waals surface area contributed by atoms with Gasteiger partial charge in [-0.25, -0.2) is 9.97 Å². The van der Waals surface area contributed by atoms with Crippen molar-refractivity contribution in [3.05, 3.63) is 66.4 Å². The molecule has 9 heteroatoms. The fourth-order valence-corrected chi connectivity index (χ4v) is 3.81. The smallest absolute Gasteiger partial charge is 0.236 e. The standard InChI is InChI=1S/C23H27N7O2/c1-17-3-5-19(6-4-17)14-26-22(32)13-20-15-28(18(2)31)11-12-30(20)21-7-8-25-23(27-21)29-10-9-24-16-29/h3-10,16,20H,11-15H2,1-2H3,(H,26,32). The van der Waals surface area contributed by atoms with E-state index in [9.17, 15) is 9.59 Å². The Bertz CT molecular complexity index is 1070. The molecule has 166 valence electrons. The van der Waals surface area contributed by atoms with Crippen molar-refractivity contribution < 1.29 is 9.59 Å². The van der Waals surface area contributed by atoms with Gasteiger partial charge in [0.2, 0.25) is 17.8 Å². The minimum atomic E-state index is -0.184. The summed E-state index contributed by atoms with van der Waals surface area (Å²) in [5, 5.41) is 3.00. The molecule has 1 atom stereocenters. The third-order valence-corrected chi connectivity index (χ3v) is 5.62. The largest absolute Gasteiger partial charge is 0.352 e. The molecule has 0 saturated carbocycles. The molecule has 1 aliphatic heterocycles. The van der Waals surface area contributed by atoms with E-state index in [0.717, 1.165) is 11.4 Å². The minimum absolute atomic E-state index is 0.0107. The lowest BCUT2D eigenvalue weighted by Crippen LogP contribution is -2.56. The predicted molar refractivity (Wildman–Crippen MR) is 120 cm³/mol. The van der Waals surface area contributed by atoms with Crippen LogP contribution in [0.25, 0.3) is 5.95 Å². The molecule has 2 aromatic heterocycles. The molecule has 9 nitrogen and oxygen atoms in total. The quantitative estimate of drug-likeness (QED) is 0.636. The van der Waals surface area contributed by atoms with E-state index in [-0.39, 0.29) is 24.3 Å². The van der Waals surface area contributed by atoms with E-state index in [1.165, 1.54) is 5.56 Å². The summed E-state index contributed by atoms with van der Waals surface area (Å²) in [4.78, 5) is 41.7. The van der Waals surface area contributed by atoms with Crippen molar-refractivity contribution in [3.8, 4) is 5.95 Å². The third-order valence-electron chi connectivity index (χ3n) is 5.62. The van der Waals surface area contributed by atoms with Crippen molar-refractivity contribution in [1.82, 2.24) is 29.7 Å². The maximum absolute atomic E-state index is 12.8. The first-order valence-corrected chi connectivity index (χ1v) is 10.7. The summed E-state index contributed by atoms with van der Waals surface area (Å²) >= 11 is 0. The highest BCUT2D eigenvalue weighted by Gasteiger charge is 2.31. The number of hydrogen-bond donors (Lipinski definition) is 1. The number of piperazine rings is 1. The van der Waals surface area contributed by atoms with Crippen LogP contribution < -0.4 is 10.2 Å². The van der Waals surface area contributed by atoms with Gasteiger partial charge in [0.1, 0.15) is 12.1 Å². The molecule has 0 radical (unpaired) electrons. The Kier molecular flexibility index (Phi) is 6.44. The van der Waals surface area contributed by atoms with Crippen LogP contribution in [0.2, 0.25) is 0 Å². The van der Waals surface area contributed by atoms with Crippen molar-refractivity contribution in [1.29, 1.82) is 0 Å². The van der Waals surface area contributed by atoms with Crippen LogP contribution in [0.1, 0.15) is 24.5 Å². The Hall–Kier alpha value is -3.75. The first kappa shape index (κ1) is 21.5. The highest BCUT2D eigenvalue weighted by molar-refractivity contribution is 5.78. The van der Waals surface area contributed by atoms with E-state index in [0.29, 0.717) is 32.1 Å². The maximum Gasteiger partial charge on any atom is 0.236 e. The highest BCUT2D eigenvalue weighted by atomic mass is 16.2. The number of carbonyl (C=O) groups excluding carboxylic acids is 2. The molecule has 1 aliphatic rings. The average molecular weight is 434 g/mol. The zero-order valence-electron chi connectivity index (χ0n) is 18.3. The first-order chi connectivity index (χ1) is 15.5. The molecule has 0 spiro atoms. The number of aromatic nitrogens is 4. The lowest BCUT2D eigenvalue weighted by Gasteiger charge is -2.41. The Morgan fingerprint density at radius 2 is 1.94 bits per heavy atom. The summed E-state index contributed by atoms with van der Waals surface area (Å²) < 4.78 is 1.73. The number of carbonyl (C=O) groups is 2. The number of nitrogens with one attached hydrogen (secondary N) is 1. The van der Waals surface area contributed by atoms with E-state index < -0.39 is 0 Å². The van der Waals surface area contributed by atoms with Gasteiger partial charge in [-0.3, -0.25) is 14.2 Å². The van der Waals surface area contributed by atoms with Gasteiger partial charge < -0.3 is 15.1 Å². The predicted octanol–water partition coefficient (Wildman–Crippen LogP) is 1.71. The second-order valence-corrected chi connectivity index (χ2v) is 7.96. The van der Waals surface area contributed by atoms with Crippen LogP contribution in [0.3, 0.4) is 0 Å². The Labute approximate surface area is 187 Å². The van der Waals surface area contributed by atoms with Crippen molar-refractivity contribution in [3.63, 3.8) is 0 Å². The summed E-state index contributed by atoms with van der Waals surface area (Å²) in [5.74, 6) is 1.19. The molecular weight excluding hydrogens is 406 g/mol. The number of aryl methyl sites for hydroxylation is 1. The zero-order chi connectivity index (χ0) is 22.5. The number of benzene rings is 1. The van der Waals surface area contributed by atoms with Crippen molar-refractivity contribution in [2.75, 3.05) is 24.5 Å². The normalized spacial score (nSPS) is 16.1. The van der Waals surface area contributed by atoms with Gasteiger partial charge >= 0.3 is 0 Å². The third kappa shape index (κ3) is 5.11. The summed E-state index contributed by atoms with van der Waals surface area (Å²) in [5.41, 5.74) is 2.23. The van der Waals surface area contributed by atoms with Crippen LogP contribution in [0.15, 0.2) is 55.2 Å². The van der Waals surface area contributed by atoms with E-state index in [4.69, 9.17) is 0 Å². The van der Waals surface area contributed by atoms with Gasteiger partial charge in [-0.05, 0) is 18.6 Å². The van der Waals surface area contributed by atoms with Gasteiger partial charge in [-0.2, -0.15) is 4.98 Å². The number of rotatable bonds is 6. The molecule has 32 heavy (non-hydrogen) atoms. The van der Waals surface area contributed by atoms with E-state index >= 15 is 0 Å². The maximum atomic E-state index is 12.8. The molecule has 4 rings (SSSR count). The fraction of sp³-hybridized carbons (Fsp3) is 0.348. The summed E-state index contributed by atoms with van der Waals surface area (Å²) in [6.07, 6.45) is 7.05. The van der Waals surface area contributed by atoms with Crippen molar-refractivity contribution >= 4 is 17.6 Å². The van der Waals surface area contributed by atoms with Crippen LogP contribution in [0, 0.1) is 6.92 Å². The molecule has 3 heterocycles. The number of imidazole rings is 1. The molecule has 1 N–H and O–H groups in total. The van der Waals surface area contributed by atoms with Gasteiger partial charge in [0.05, 0.1) is 6.04 Å². The number of anilines is 1. The van der Waals surface area contributed by atoms with Gasteiger partial charge in [0, 0.05) is 58.1 Å². The van der Waals surface area contributed by atoms with E-state index in [1.807, 2.05) is 37.3 Å². The SMILES string of the molecule is CC(=O)N1CCN(c2ccnc(-n3ccnc3)n2)C(CC(=O)NCc2ccc(C)cc2)C1. The van der Waals surface area contributed by atoms with Crippen LogP contribution in [0.4, 0.5) is 5.82 Å². The molecule has 1 fully saturated rings. The van der Waals surface area contributed by atoms with Gasteiger partial charge in [-0.1, -0.05) is 29.8 Å². The zero-order valence-corrected chi connectivity index (χ0v) is 18.3. The number of hydrogen-bond acceptors (Lipinski definition) is 6. The second-order valence-electron chi connectivity index (χ2n) is 7.96. The fourth-order valence-electron chi connectivity index (χ4n) is 3.81. The van der Waals surface area contributed by atoms with E-state index in [2.05, 4.69) is 25.2 Å². The summed E-state index contributed by atoms with van der Waals surface area (Å²) in [6.45, 7) is 5.72. The van der Waals surface area contributed by atoms with Gasteiger partial charge in [0.25, 0.3) is 0 Å². The molecular formula is C23H27N7O2. The number of nitrogens with zero attached hydrogens (tertiary/aromatic N) is 6. The molecule has 1 saturated heterocycles. The Morgan fingerprint density at radius 3 is 2.66 bits per heavy atom. The Balaban J connectivity index is 1.48. The molecule has 1 unspecified atom stereocenters. The molecule has 0 bridgehead atoms. The lowest BCUT2D eigenvalue weighted by molar-refractivity contribution is -0.130. The van der Waals surface area contributed by atoms with Crippen LogP contribution in [-0.4, -0.2) is 61.9 Å². The highest BCUT2D eigenvalue weighted by Crippen LogP contribution is 2.21. The molecule has 2 amide bonds. The molecule has 3 aromatic rings. The van der Waals surface area contributed by atoms with Crippen LogP contribution in [0.5, 0.6) is 0 Å². The first-order valence-electron chi connectivity index (χ1n) is 10.7. The monoisotopic (exact) mass is 433 g/mol. The minimum Gasteiger partial charge on any atom is -0.352 e. The van der Waals surface area contributed by atoms with Crippen molar-refractivity contribution in [2.45, 2.75) is 32.9 Å². The van der Waals surface area contributed by atoms with E-state index in [1.54, 1.807) is 41.3 Å². The van der Waals surface area contributed by atoms with Crippen molar-refractivity contribution in [2.24, 2.45) is 0 Å². The number of amides is 2. The summed E-state index contributed by atoms with van der Waals surface area (Å²) in [6, 6.07) is 9.73.